The maximum absolute atomic E-state index is 13.0. The number of benzene rings is 1. The summed E-state index contributed by atoms with van der Waals surface area (Å²) in [7, 11) is 0. The lowest BCUT2D eigenvalue weighted by Gasteiger charge is -2.37. The summed E-state index contributed by atoms with van der Waals surface area (Å²) in [6.07, 6.45) is 3.25. The first kappa shape index (κ1) is 21.4. The predicted octanol–water partition coefficient (Wildman–Crippen LogP) is 4.60. The van der Waals surface area contributed by atoms with Gasteiger partial charge in [0.15, 0.2) is 0 Å². The van der Waals surface area contributed by atoms with Gasteiger partial charge in [-0.05, 0) is 49.8 Å². The van der Waals surface area contributed by atoms with Crippen LogP contribution >= 0.6 is 22.7 Å². The second-order valence-electron chi connectivity index (χ2n) is 9.55. The van der Waals surface area contributed by atoms with Crippen molar-refractivity contribution in [1.82, 2.24) is 24.8 Å². The van der Waals surface area contributed by atoms with Gasteiger partial charge in [0, 0.05) is 31.1 Å². The lowest BCUT2D eigenvalue weighted by Crippen LogP contribution is -2.47. The minimum Gasteiger partial charge on any atom is -0.309 e. The Labute approximate surface area is 201 Å². The summed E-state index contributed by atoms with van der Waals surface area (Å²) >= 11 is 3.53. The normalized spacial score (nSPS) is 21.0. The number of H-pyrrole nitrogens is 1. The molecule has 2 aliphatic rings. The molecule has 2 atom stereocenters. The number of para-hydroxylation sites is 1. The molecule has 0 saturated carbocycles. The molecule has 0 bridgehead atoms. The van der Waals surface area contributed by atoms with Gasteiger partial charge in [-0.3, -0.25) is 14.6 Å². The van der Waals surface area contributed by atoms with Gasteiger partial charge in [-0.2, -0.15) is 0 Å². The average molecular weight is 480 g/mol. The van der Waals surface area contributed by atoms with E-state index in [9.17, 15) is 4.79 Å². The second kappa shape index (κ2) is 8.58. The van der Waals surface area contributed by atoms with E-state index in [0.29, 0.717) is 5.92 Å². The van der Waals surface area contributed by atoms with Crippen LogP contribution in [0.1, 0.15) is 47.6 Å². The fourth-order valence-electron chi connectivity index (χ4n) is 5.22. The highest BCUT2D eigenvalue weighted by Crippen LogP contribution is 2.36. The van der Waals surface area contributed by atoms with E-state index in [4.69, 9.17) is 9.97 Å². The number of thiophene rings is 1. The van der Waals surface area contributed by atoms with Gasteiger partial charge < -0.3 is 4.98 Å². The monoisotopic (exact) mass is 479 g/mol. The number of nitrogens with one attached hydrogen (secondary N) is 1. The number of hydrogen-bond acceptors (Lipinski definition) is 7. The van der Waals surface area contributed by atoms with Crippen LogP contribution in [0.5, 0.6) is 0 Å². The van der Waals surface area contributed by atoms with Crippen LogP contribution in [0.25, 0.3) is 20.4 Å². The molecular formula is C25H29N5OS2. The Kier molecular flexibility index (Phi) is 5.57. The Morgan fingerprint density at radius 3 is 2.79 bits per heavy atom. The second-order valence-corrected chi connectivity index (χ2v) is 11.7. The number of fused-ring (bicyclic) bond motifs is 4. The predicted molar refractivity (Wildman–Crippen MR) is 136 cm³/mol. The molecule has 0 radical (unpaired) electrons. The molecule has 6 rings (SSSR count). The molecular weight excluding hydrogens is 450 g/mol. The van der Waals surface area contributed by atoms with Crippen molar-refractivity contribution in [2.75, 3.05) is 26.2 Å². The van der Waals surface area contributed by atoms with Crippen LogP contribution in [0, 0.1) is 5.92 Å². The van der Waals surface area contributed by atoms with E-state index in [0.717, 1.165) is 73.5 Å². The summed E-state index contributed by atoms with van der Waals surface area (Å²) in [6.45, 7) is 9.30. The summed E-state index contributed by atoms with van der Waals surface area (Å²) in [5, 5.41) is 2.03. The van der Waals surface area contributed by atoms with Crippen LogP contribution < -0.4 is 5.56 Å². The minimum atomic E-state index is 0.0448. The van der Waals surface area contributed by atoms with Gasteiger partial charge in [-0.1, -0.05) is 19.1 Å². The van der Waals surface area contributed by atoms with Crippen molar-refractivity contribution in [1.29, 1.82) is 0 Å². The van der Waals surface area contributed by atoms with E-state index in [2.05, 4.69) is 46.8 Å². The molecule has 1 saturated heterocycles. The van der Waals surface area contributed by atoms with Crippen molar-refractivity contribution in [2.45, 2.75) is 45.7 Å². The molecule has 6 nitrogen and oxygen atoms in total. The van der Waals surface area contributed by atoms with Gasteiger partial charge in [0.2, 0.25) is 0 Å². The van der Waals surface area contributed by atoms with Crippen LogP contribution in [0.3, 0.4) is 0 Å². The Morgan fingerprint density at radius 2 is 1.97 bits per heavy atom. The third-order valence-corrected chi connectivity index (χ3v) is 9.40. The SMILES string of the molecule is C[C@@H]1CCc2c(sc3nc([C@@H](C)N4CCN(Cc5nc6ccccc6s5)CC4)[nH]c(=O)c23)C1. The largest absolute Gasteiger partial charge is 0.309 e. The maximum atomic E-state index is 13.0. The topological polar surface area (TPSA) is 65.1 Å². The number of nitrogens with zero attached hydrogens (tertiary/aromatic N) is 4. The molecule has 1 N–H and O–H groups in total. The molecule has 3 aromatic heterocycles. The van der Waals surface area contributed by atoms with Gasteiger partial charge in [0.25, 0.3) is 5.56 Å². The number of aryl methyl sites for hydroxylation is 1. The molecule has 0 spiro atoms. The molecule has 1 fully saturated rings. The standard InChI is InChI=1S/C25H29N5OS2/c1-15-7-8-17-20(13-15)33-25-22(17)24(31)27-23(28-25)16(2)30-11-9-29(10-12-30)14-21-26-18-5-3-4-6-19(18)32-21/h3-6,15-16H,7-14H2,1-2H3,(H,27,28,31)/t15-,16-/m1/s1. The number of thiazole rings is 1. The highest BCUT2D eigenvalue weighted by Gasteiger charge is 2.27. The average Bonchev–Trinajstić information content (AvgIpc) is 3.39. The van der Waals surface area contributed by atoms with Gasteiger partial charge in [-0.25, -0.2) is 9.97 Å². The number of hydrogen-bond donors (Lipinski definition) is 1. The van der Waals surface area contributed by atoms with E-state index >= 15 is 0 Å². The number of piperazine rings is 1. The molecule has 33 heavy (non-hydrogen) atoms. The van der Waals surface area contributed by atoms with Crippen molar-refractivity contribution in [3.63, 3.8) is 0 Å². The quantitative estimate of drug-likeness (QED) is 0.464. The summed E-state index contributed by atoms with van der Waals surface area (Å²) in [6, 6.07) is 8.46. The third kappa shape index (κ3) is 4.03. The van der Waals surface area contributed by atoms with Crippen LogP contribution in [0.4, 0.5) is 0 Å². The van der Waals surface area contributed by atoms with Crippen molar-refractivity contribution in [3.8, 4) is 0 Å². The minimum absolute atomic E-state index is 0.0448. The van der Waals surface area contributed by atoms with E-state index in [1.807, 2.05) is 6.07 Å². The van der Waals surface area contributed by atoms with E-state index in [-0.39, 0.29) is 11.6 Å². The Hall–Kier alpha value is -2.13. The van der Waals surface area contributed by atoms with Crippen LogP contribution in [-0.4, -0.2) is 50.9 Å². The van der Waals surface area contributed by atoms with Gasteiger partial charge in [0.05, 0.1) is 28.2 Å². The number of aromatic amines is 1. The summed E-state index contributed by atoms with van der Waals surface area (Å²) in [5.74, 6) is 1.50. The molecule has 4 heterocycles. The fraction of sp³-hybridized carbons (Fsp3) is 0.480. The number of rotatable bonds is 4. The molecule has 1 aliphatic heterocycles. The Morgan fingerprint density at radius 1 is 1.15 bits per heavy atom. The van der Waals surface area contributed by atoms with Crippen LogP contribution in [0.2, 0.25) is 0 Å². The first-order valence-corrected chi connectivity index (χ1v) is 13.5. The zero-order valence-corrected chi connectivity index (χ0v) is 20.8. The smallest absolute Gasteiger partial charge is 0.259 e. The van der Waals surface area contributed by atoms with E-state index in [1.165, 1.54) is 20.1 Å². The Balaban J connectivity index is 1.15. The summed E-state index contributed by atoms with van der Waals surface area (Å²) < 4.78 is 1.26. The van der Waals surface area contributed by atoms with E-state index in [1.54, 1.807) is 22.7 Å². The molecule has 0 unspecified atom stereocenters. The van der Waals surface area contributed by atoms with Gasteiger partial charge in [0.1, 0.15) is 15.7 Å². The van der Waals surface area contributed by atoms with E-state index < -0.39 is 0 Å². The molecule has 172 valence electrons. The van der Waals surface area contributed by atoms with Gasteiger partial charge in [-0.15, -0.1) is 22.7 Å². The molecule has 8 heteroatoms. The lowest BCUT2D eigenvalue weighted by molar-refractivity contribution is 0.0948. The fourth-order valence-corrected chi connectivity index (χ4v) is 7.62. The highest BCUT2D eigenvalue weighted by atomic mass is 32.1. The Bertz CT molecular complexity index is 1330. The van der Waals surface area contributed by atoms with Crippen LogP contribution in [-0.2, 0) is 19.4 Å². The third-order valence-electron chi connectivity index (χ3n) is 7.23. The molecule has 4 aromatic rings. The number of aromatic nitrogens is 3. The lowest BCUT2D eigenvalue weighted by atomic mass is 9.89. The summed E-state index contributed by atoms with van der Waals surface area (Å²) in [4.78, 5) is 33.1. The maximum Gasteiger partial charge on any atom is 0.259 e. The molecule has 1 aromatic carbocycles. The zero-order chi connectivity index (χ0) is 22.5. The van der Waals surface area contributed by atoms with Gasteiger partial charge >= 0.3 is 0 Å². The molecule has 1 aliphatic carbocycles. The summed E-state index contributed by atoms with van der Waals surface area (Å²) in [5.41, 5.74) is 2.40. The van der Waals surface area contributed by atoms with Crippen molar-refractivity contribution in [2.24, 2.45) is 5.92 Å². The van der Waals surface area contributed by atoms with Crippen molar-refractivity contribution >= 4 is 43.1 Å². The zero-order valence-electron chi connectivity index (χ0n) is 19.1. The first-order valence-electron chi connectivity index (χ1n) is 11.9. The van der Waals surface area contributed by atoms with Crippen molar-refractivity contribution in [3.05, 3.63) is 55.9 Å². The molecule has 0 amide bonds. The first-order chi connectivity index (χ1) is 16.0. The van der Waals surface area contributed by atoms with Crippen LogP contribution in [0.15, 0.2) is 29.1 Å². The highest BCUT2D eigenvalue weighted by molar-refractivity contribution is 7.19. The van der Waals surface area contributed by atoms with Crippen molar-refractivity contribution < 1.29 is 0 Å².